The molecule has 2 atom stereocenters. The van der Waals surface area contributed by atoms with Crippen molar-refractivity contribution in [3.8, 4) is 17.2 Å². The van der Waals surface area contributed by atoms with Crippen LogP contribution in [0.4, 0.5) is 4.39 Å². The summed E-state index contributed by atoms with van der Waals surface area (Å²) in [6.45, 7) is -0.278. The number of amides is 1. The first-order chi connectivity index (χ1) is 13.8. The smallest absolute Gasteiger partial charge is 0.408 e. The van der Waals surface area contributed by atoms with Crippen LogP contribution >= 0.6 is 0 Å². The standard InChI is InChI=1S/C20H19FN4O4/c1-25-16-8-12(4-5-18(16)29-20(25)28)11-2-3-13(15(21)7-11)6-14(9-22)24-19(27)17(26)10-23/h2-5,7-8,14,17,26H,6,10,23H2,1H3,(H,24,27)/t14-,17-/m0/s1. The molecule has 150 valence electrons. The number of aliphatic hydroxyl groups excluding tert-OH is 1. The van der Waals surface area contributed by atoms with Gasteiger partial charge in [0.25, 0.3) is 5.91 Å². The zero-order valence-corrected chi connectivity index (χ0v) is 15.6. The maximum absolute atomic E-state index is 14.6. The number of hydrogen-bond acceptors (Lipinski definition) is 6. The third-order valence-electron chi connectivity index (χ3n) is 4.60. The van der Waals surface area contributed by atoms with E-state index < -0.39 is 29.6 Å². The first-order valence-electron chi connectivity index (χ1n) is 8.80. The van der Waals surface area contributed by atoms with Crippen molar-refractivity contribution in [2.75, 3.05) is 6.54 Å². The predicted octanol–water partition coefficient (Wildman–Crippen LogP) is 0.808. The highest BCUT2D eigenvalue weighted by molar-refractivity contribution is 5.81. The lowest BCUT2D eigenvalue weighted by atomic mass is 10.00. The van der Waals surface area contributed by atoms with E-state index in [1.807, 2.05) is 6.07 Å². The number of aliphatic hydroxyl groups is 1. The van der Waals surface area contributed by atoms with Crippen molar-refractivity contribution in [2.24, 2.45) is 12.8 Å². The normalized spacial score (nSPS) is 13.1. The molecular formula is C20H19FN4O4. The molecule has 0 aliphatic rings. The van der Waals surface area contributed by atoms with Crippen LogP contribution < -0.4 is 16.8 Å². The fourth-order valence-electron chi connectivity index (χ4n) is 2.92. The van der Waals surface area contributed by atoms with E-state index in [1.165, 1.54) is 16.7 Å². The molecule has 0 unspecified atom stereocenters. The number of nitriles is 1. The van der Waals surface area contributed by atoms with Crippen molar-refractivity contribution < 1.29 is 18.7 Å². The number of rotatable bonds is 6. The van der Waals surface area contributed by atoms with Gasteiger partial charge in [0.2, 0.25) is 0 Å². The number of nitrogens with two attached hydrogens (primary N) is 1. The quantitative estimate of drug-likeness (QED) is 0.562. The van der Waals surface area contributed by atoms with Crippen LogP contribution in [0.5, 0.6) is 0 Å². The third-order valence-corrected chi connectivity index (χ3v) is 4.60. The maximum atomic E-state index is 14.6. The summed E-state index contributed by atoms with van der Waals surface area (Å²) in [7, 11) is 1.58. The van der Waals surface area contributed by atoms with Gasteiger partial charge in [-0.05, 0) is 34.9 Å². The van der Waals surface area contributed by atoms with Crippen molar-refractivity contribution in [2.45, 2.75) is 18.6 Å². The van der Waals surface area contributed by atoms with Gasteiger partial charge in [-0.15, -0.1) is 0 Å². The molecule has 9 heteroatoms. The zero-order valence-electron chi connectivity index (χ0n) is 15.6. The molecule has 1 aromatic heterocycles. The van der Waals surface area contributed by atoms with Gasteiger partial charge in [0.1, 0.15) is 18.0 Å². The summed E-state index contributed by atoms with van der Waals surface area (Å²) in [6, 6.07) is 10.5. The Morgan fingerprint density at radius 2 is 2.03 bits per heavy atom. The number of carbonyl (C=O) groups is 1. The van der Waals surface area contributed by atoms with Gasteiger partial charge in [-0.25, -0.2) is 9.18 Å². The second-order valence-electron chi connectivity index (χ2n) is 6.56. The summed E-state index contributed by atoms with van der Waals surface area (Å²) < 4.78 is 21.1. The molecule has 3 rings (SSSR count). The van der Waals surface area contributed by atoms with Crippen molar-refractivity contribution in [3.05, 3.63) is 58.3 Å². The molecule has 8 nitrogen and oxygen atoms in total. The molecule has 29 heavy (non-hydrogen) atoms. The Labute approximate surface area is 165 Å². The molecule has 0 fully saturated rings. The number of carbonyl (C=O) groups excluding carboxylic acids is 1. The third kappa shape index (κ3) is 4.18. The minimum absolute atomic E-state index is 0.0685. The Morgan fingerprint density at radius 1 is 1.34 bits per heavy atom. The minimum atomic E-state index is -1.42. The number of benzene rings is 2. The largest absolute Gasteiger partial charge is 0.419 e. The van der Waals surface area contributed by atoms with Crippen LogP contribution in [-0.4, -0.2) is 34.3 Å². The van der Waals surface area contributed by atoms with E-state index in [4.69, 9.17) is 10.2 Å². The first-order valence-corrected chi connectivity index (χ1v) is 8.80. The summed E-state index contributed by atoms with van der Waals surface area (Å²) in [6.07, 6.45) is -1.49. The van der Waals surface area contributed by atoms with E-state index in [9.17, 15) is 24.3 Å². The highest BCUT2D eigenvalue weighted by Crippen LogP contribution is 2.26. The van der Waals surface area contributed by atoms with Crippen molar-refractivity contribution in [3.63, 3.8) is 0 Å². The first kappa shape index (κ1) is 20.3. The summed E-state index contributed by atoms with van der Waals surface area (Å²) >= 11 is 0. The van der Waals surface area contributed by atoms with E-state index in [-0.39, 0.29) is 18.5 Å². The molecule has 0 spiro atoms. The second kappa shape index (κ2) is 8.26. The van der Waals surface area contributed by atoms with Crippen molar-refractivity contribution in [1.82, 2.24) is 9.88 Å². The zero-order chi connectivity index (χ0) is 21.1. The van der Waals surface area contributed by atoms with Crippen LogP contribution in [0.15, 0.2) is 45.6 Å². The van der Waals surface area contributed by atoms with Crippen LogP contribution in [0.2, 0.25) is 0 Å². The molecule has 0 radical (unpaired) electrons. The van der Waals surface area contributed by atoms with E-state index in [0.717, 1.165) is 0 Å². The van der Waals surface area contributed by atoms with Gasteiger partial charge < -0.3 is 20.6 Å². The number of nitrogens with zero attached hydrogens (tertiary/aromatic N) is 2. The molecule has 1 heterocycles. The summed E-state index contributed by atoms with van der Waals surface area (Å²) in [5, 5.41) is 20.9. The summed E-state index contributed by atoms with van der Waals surface area (Å²) in [5.41, 5.74) is 7.73. The van der Waals surface area contributed by atoms with Crippen LogP contribution in [0.3, 0.4) is 0 Å². The molecule has 0 aliphatic carbocycles. The highest BCUT2D eigenvalue weighted by atomic mass is 19.1. The maximum Gasteiger partial charge on any atom is 0.419 e. The average Bonchev–Trinajstić information content (AvgIpc) is 3.01. The molecule has 3 aromatic rings. The number of nitrogens with one attached hydrogen (secondary N) is 1. The van der Waals surface area contributed by atoms with Crippen LogP contribution in [-0.2, 0) is 18.3 Å². The minimum Gasteiger partial charge on any atom is -0.408 e. The van der Waals surface area contributed by atoms with Crippen LogP contribution in [0.1, 0.15) is 5.56 Å². The second-order valence-corrected chi connectivity index (χ2v) is 6.56. The molecule has 1 amide bonds. The number of oxazole rings is 1. The van der Waals surface area contributed by atoms with E-state index in [2.05, 4.69) is 5.32 Å². The number of halogens is 1. The van der Waals surface area contributed by atoms with Gasteiger partial charge in [0.05, 0.1) is 11.6 Å². The van der Waals surface area contributed by atoms with Gasteiger partial charge in [0, 0.05) is 20.0 Å². The van der Waals surface area contributed by atoms with Gasteiger partial charge in [-0.1, -0.05) is 18.2 Å². The van der Waals surface area contributed by atoms with Gasteiger partial charge in [0.15, 0.2) is 5.58 Å². The Morgan fingerprint density at radius 3 is 2.69 bits per heavy atom. The molecule has 0 saturated heterocycles. The molecule has 0 aliphatic heterocycles. The lowest BCUT2D eigenvalue weighted by Gasteiger charge is -2.15. The summed E-state index contributed by atoms with van der Waals surface area (Å²) in [5.74, 6) is -1.81. The van der Waals surface area contributed by atoms with Crippen molar-refractivity contribution in [1.29, 1.82) is 5.26 Å². The van der Waals surface area contributed by atoms with Crippen molar-refractivity contribution >= 4 is 17.0 Å². The topological polar surface area (TPSA) is 134 Å². The monoisotopic (exact) mass is 398 g/mol. The molecule has 0 saturated carbocycles. The number of hydrogen-bond donors (Lipinski definition) is 3. The van der Waals surface area contributed by atoms with E-state index in [0.29, 0.717) is 22.2 Å². The molecule has 0 bridgehead atoms. The Bertz CT molecular complexity index is 1160. The predicted molar refractivity (Wildman–Crippen MR) is 103 cm³/mol. The summed E-state index contributed by atoms with van der Waals surface area (Å²) in [4.78, 5) is 23.3. The fraction of sp³-hybridized carbons (Fsp3) is 0.250. The molecular weight excluding hydrogens is 379 g/mol. The molecule has 4 N–H and O–H groups in total. The fourth-order valence-corrected chi connectivity index (χ4v) is 2.92. The van der Waals surface area contributed by atoms with Crippen LogP contribution in [0, 0.1) is 17.1 Å². The van der Waals surface area contributed by atoms with Gasteiger partial charge in [-0.2, -0.15) is 5.26 Å². The lowest BCUT2D eigenvalue weighted by molar-refractivity contribution is -0.129. The Balaban J connectivity index is 1.83. The molecule has 2 aromatic carbocycles. The van der Waals surface area contributed by atoms with Gasteiger partial charge >= 0.3 is 5.76 Å². The number of fused-ring (bicyclic) bond motifs is 1. The number of aryl methyl sites for hydroxylation is 1. The average molecular weight is 398 g/mol. The van der Waals surface area contributed by atoms with E-state index >= 15 is 0 Å². The SMILES string of the molecule is Cn1c(=O)oc2ccc(-c3ccc(C[C@@H](C#N)NC(=O)[C@@H](O)CN)c(F)c3)cc21. The Hall–Kier alpha value is -3.48. The highest BCUT2D eigenvalue weighted by Gasteiger charge is 2.19. The number of aromatic nitrogens is 1. The lowest BCUT2D eigenvalue weighted by Crippen LogP contribution is -2.44. The van der Waals surface area contributed by atoms with E-state index in [1.54, 1.807) is 31.3 Å². The Kier molecular flexibility index (Phi) is 5.77. The van der Waals surface area contributed by atoms with Gasteiger partial charge in [-0.3, -0.25) is 9.36 Å². The van der Waals surface area contributed by atoms with Crippen LogP contribution in [0.25, 0.3) is 22.2 Å².